The zero-order valence-corrected chi connectivity index (χ0v) is 20.9. The molecule has 3 aromatic carbocycles. The number of methoxy groups -OCH3 is 2. The molecule has 0 aliphatic rings. The lowest BCUT2D eigenvalue weighted by atomic mass is 10.1. The van der Waals surface area contributed by atoms with Gasteiger partial charge in [-0.25, -0.2) is 13.1 Å². The molecule has 10 heteroatoms. The van der Waals surface area contributed by atoms with Gasteiger partial charge in [-0.15, -0.1) is 11.3 Å². The van der Waals surface area contributed by atoms with Gasteiger partial charge in [0.1, 0.15) is 11.5 Å². The Bertz CT molecular complexity index is 1480. The van der Waals surface area contributed by atoms with E-state index in [2.05, 4.69) is 10.0 Å². The van der Waals surface area contributed by atoms with Crippen molar-refractivity contribution in [2.45, 2.75) is 11.8 Å². The molecule has 0 saturated heterocycles. The number of hydrogen-bond acceptors (Lipinski definition) is 7. The van der Waals surface area contributed by atoms with Crippen molar-refractivity contribution in [3.8, 4) is 11.5 Å². The van der Waals surface area contributed by atoms with E-state index in [0.29, 0.717) is 27.5 Å². The van der Waals surface area contributed by atoms with Crippen LogP contribution in [0, 0.1) is 6.92 Å². The topological polar surface area (TPSA) is 93.7 Å². The number of thiophene rings is 1. The number of nitrogens with one attached hydrogen (secondary N) is 2. The van der Waals surface area contributed by atoms with E-state index in [-0.39, 0.29) is 9.77 Å². The van der Waals surface area contributed by atoms with Crippen molar-refractivity contribution in [2.75, 3.05) is 19.5 Å². The molecule has 0 spiro atoms. The van der Waals surface area contributed by atoms with Gasteiger partial charge in [-0.3, -0.25) is 4.79 Å². The number of ether oxygens (including phenoxy) is 2. The number of carbonyl (C=O) groups excluding carboxylic acids is 1. The zero-order chi connectivity index (χ0) is 24.5. The maximum Gasteiger partial charge on any atom is 0.275 e. The largest absolute Gasteiger partial charge is 0.497 e. The van der Waals surface area contributed by atoms with Crippen molar-refractivity contribution in [1.82, 2.24) is 4.72 Å². The Hall–Kier alpha value is -3.27. The quantitative estimate of drug-likeness (QED) is 0.325. The number of benzene rings is 3. The SMILES string of the molecule is COc1ccc(S(=O)(=O)NC(=O)c2sc3c(Nc4cccc(OC)c4)ccc(Cl)c3c2C)cc1. The van der Waals surface area contributed by atoms with Crippen LogP contribution in [0.4, 0.5) is 11.4 Å². The minimum Gasteiger partial charge on any atom is -0.497 e. The second kappa shape index (κ2) is 9.54. The number of sulfonamides is 1. The predicted molar refractivity (Wildman–Crippen MR) is 135 cm³/mol. The number of carbonyl (C=O) groups is 1. The molecular formula is C24H21ClN2O5S2. The molecule has 0 bridgehead atoms. The number of amides is 1. The highest BCUT2D eigenvalue weighted by molar-refractivity contribution is 7.90. The lowest BCUT2D eigenvalue weighted by Crippen LogP contribution is -2.30. The van der Waals surface area contributed by atoms with Gasteiger partial charge >= 0.3 is 0 Å². The van der Waals surface area contributed by atoms with E-state index in [1.165, 1.54) is 42.7 Å². The molecule has 4 aromatic rings. The van der Waals surface area contributed by atoms with Crippen molar-refractivity contribution in [2.24, 2.45) is 0 Å². The fourth-order valence-corrected chi connectivity index (χ4v) is 6.04. The summed E-state index contributed by atoms with van der Waals surface area (Å²) in [5.41, 5.74) is 2.13. The molecule has 1 heterocycles. The first-order chi connectivity index (χ1) is 16.2. The summed E-state index contributed by atoms with van der Waals surface area (Å²) in [7, 11) is -1.000. The van der Waals surface area contributed by atoms with Crippen molar-refractivity contribution in [3.63, 3.8) is 0 Å². The Labute approximate surface area is 206 Å². The lowest BCUT2D eigenvalue weighted by molar-refractivity contribution is 0.0985. The monoisotopic (exact) mass is 516 g/mol. The molecule has 2 N–H and O–H groups in total. The van der Waals surface area contributed by atoms with Gasteiger partial charge in [0.2, 0.25) is 0 Å². The number of anilines is 2. The van der Waals surface area contributed by atoms with Crippen LogP contribution in [0.2, 0.25) is 5.02 Å². The average Bonchev–Trinajstić information content (AvgIpc) is 3.19. The molecular weight excluding hydrogens is 496 g/mol. The zero-order valence-electron chi connectivity index (χ0n) is 18.5. The maximum atomic E-state index is 13.0. The Morgan fingerprint density at radius 1 is 0.971 bits per heavy atom. The molecule has 34 heavy (non-hydrogen) atoms. The third kappa shape index (κ3) is 4.68. The first-order valence-electron chi connectivity index (χ1n) is 10.1. The van der Waals surface area contributed by atoms with Crippen LogP contribution >= 0.6 is 22.9 Å². The molecule has 4 rings (SSSR count). The fourth-order valence-electron chi connectivity index (χ4n) is 3.46. The van der Waals surface area contributed by atoms with Gasteiger partial charge in [0.05, 0.1) is 34.4 Å². The van der Waals surface area contributed by atoms with Crippen LogP contribution in [0.3, 0.4) is 0 Å². The van der Waals surface area contributed by atoms with Gasteiger partial charge in [-0.2, -0.15) is 0 Å². The van der Waals surface area contributed by atoms with Crippen molar-refractivity contribution >= 4 is 60.3 Å². The van der Waals surface area contributed by atoms with Gasteiger partial charge in [-0.05, 0) is 61.0 Å². The molecule has 0 unspecified atom stereocenters. The van der Waals surface area contributed by atoms with Gasteiger partial charge < -0.3 is 14.8 Å². The van der Waals surface area contributed by atoms with Gasteiger partial charge in [-0.1, -0.05) is 17.7 Å². The highest BCUT2D eigenvalue weighted by Gasteiger charge is 2.24. The second-order valence-corrected chi connectivity index (χ2v) is 10.4. The average molecular weight is 517 g/mol. The number of hydrogen-bond donors (Lipinski definition) is 2. The number of fused-ring (bicyclic) bond motifs is 1. The molecule has 0 fully saturated rings. The molecule has 0 saturated carbocycles. The fraction of sp³-hybridized carbons (Fsp3) is 0.125. The van der Waals surface area contributed by atoms with E-state index in [1.807, 2.05) is 30.3 Å². The van der Waals surface area contributed by atoms with Gasteiger partial charge in [0, 0.05) is 22.2 Å². The molecule has 0 radical (unpaired) electrons. The van der Waals surface area contributed by atoms with Crippen molar-refractivity contribution < 1.29 is 22.7 Å². The van der Waals surface area contributed by atoms with E-state index in [0.717, 1.165) is 16.1 Å². The van der Waals surface area contributed by atoms with E-state index >= 15 is 0 Å². The lowest BCUT2D eigenvalue weighted by Gasteiger charge is -2.10. The molecule has 1 aromatic heterocycles. The van der Waals surface area contributed by atoms with Crippen LogP contribution in [0.5, 0.6) is 11.5 Å². The van der Waals surface area contributed by atoms with Crippen molar-refractivity contribution in [1.29, 1.82) is 0 Å². The Balaban J connectivity index is 1.68. The first-order valence-corrected chi connectivity index (χ1v) is 12.7. The Morgan fingerprint density at radius 3 is 2.35 bits per heavy atom. The van der Waals surface area contributed by atoms with Crippen LogP contribution in [0.25, 0.3) is 10.1 Å². The summed E-state index contributed by atoms with van der Waals surface area (Å²) >= 11 is 7.63. The number of aryl methyl sites for hydroxylation is 1. The van der Waals surface area contributed by atoms with E-state index in [4.69, 9.17) is 21.1 Å². The summed E-state index contributed by atoms with van der Waals surface area (Å²) in [6, 6.07) is 16.8. The third-order valence-corrected chi connectivity index (χ3v) is 8.16. The Morgan fingerprint density at radius 2 is 1.68 bits per heavy atom. The standard InChI is InChI=1S/C24H21ClN2O5S2/c1-14-21-19(25)11-12-20(26-15-5-4-6-17(13-15)32-3)23(21)33-22(14)24(28)27-34(29,30)18-9-7-16(31-2)8-10-18/h4-13,26H,1-3H3,(H,27,28). The molecule has 0 atom stereocenters. The summed E-state index contributed by atoms with van der Waals surface area (Å²) in [4.78, 5) is 13.2. The number of rotatable bonds is 7. The van der Waals surface area contributed by atoms with Crippen LogP contribution < -0.4 is 19.5 Å². The molecule has 0 aliphatic carbocycles. The first kappa shape index (κ1) is 23.9. The molecule has 7 nitrogen and oxygen atoms in total. The van der Waals surface area contributed by atoms with E-state index in [9.17, 15) is 13.2 Å². The minimum absolute atomic E-state index is 0.0428. The third-order valence-electron chi connectivity index (χ3n) is 5.18. The van der Waals surface area contributed by atoms with E-state index < -0.39 is 15.9 Å². The van der Waals surface area contributed by atoms with Crippen LogP contribution in [-0.2, 0) is 10.0 Å². The van der Waals surface area contributed by atoms with Crippen LogP contribution in [0.1, 0.15) is 15.2 Å². The van der Waals surface area contributed by atoms with Crippen LogP contribution in [-0.4, -0.2) is 28.5 Å². The summed E-state index contributed by atoms with van der Waals surface area (Å²) in [5.74, 6) is 0.482. The summed E-state index contributed by atoms with van der Waals surface area (Å²) in [6.07, 6.45) is 0. The van der Waals surface area contributed by atoms with E-state index in [1.54, 1.807) is 20.1 Å². The number of halogens is 1. The minimum atomic E-state index is -4.07. The summed E-state index contributed by atoms with van der Waals surface area (Å²) in [6.45, 7) is 1.74. The predicted octanol–water partition coefficient (Wildman–Crippen LogP) is 5.74. The molecule has 1 amide bonds. The summed E-state index contributed by atoms with van der Waals surface area (Å²) < 4.78 is 38.7. The molecule has 0 aliphatic heterocycles. The Kier molecular flexibility index (Phi) is 6.70. The second-order valence-electron chi connectivity index (χ2n) is 7.32. The summed E-state index contributed by atoms with van der Waals surface area (Å²) in [5, 5.41) is 4.48. The van der Waals surface area contributed by atoms with Crippen molar-refractivity contribution in [3.05, 3.63) is 76.1 Å². The van der Waals surface area contributed by atoms with Gasteiger partial charge in [0.15, 0.2) is 0 Å². The maximum absolute atomic E-state index is 13.0. The van der Waals surface area contributed by atoms with Gasteiger partial charge in [0.25, 0.3) is 15.9 Å². The highest BCUT2D eigenvalue weighted by Crippen LogP contribution is 2.41. The smallest absolute Gasteiger partial charge is 0.275 e. The van der Waals surface area contributed by atoms with Crippen LogP contribution in [0.15, 0.2) is 65.6 Å². The highest BCUT2D eigenvalue weighted by atomic mass is 35.5. The normalized spacial score (nSPS) is 11.3. The molecule has 176 valence electrons.